The second-order valence-electron chi connectivity index (χ2n) is 4.07. The van der Waals surface area contributed by atoms with Crippen LogP contribution in [0.25, 0.3) is 0 Å². The van der Waals surface area contributed by atoms with Gasteiger partial charge in [0.15, 0.2) is 0 Å². The first-order chi connectivity index (χ1) is 7.15. The number of rotatable bonds is 2. The van der Waals surface area contributed by atoms with Crippen LogP contribution in [-0.4, -0.2) is 6.04 Å². The van der Waals surface area contributed by atoms with E-state index in [1.807, 2.05) is 0 Å². The molecule has 0 atom stereocenters. The maximum absolute atomic E-state index is 13.2. The van der Waals surface area contributed by atoms with Crippen molar-refractivity contribution in [2.45, 2.75) is 31.1 Å². The van der Waals surface area contributed by atoms with Crippen molar-refractivity contribution in [1.29, 1.82) is 0 Å². The van der Waals surface area contributed by atoms with E-state index in [0.717, 1.165) is 18.4 Å². The Kier molecular flexibility index (Phi) is 2.79. The van der Waals surface area contributed by atoms with E-state index < -0.39 is 11.5 Å². The van der Waals surface area contributed by atoms with Gasteiger partial charge in [-0.1, -0.05) is 36.6 Å². The van der Waals surface area contributed by atoms with E-state index in [1.54, 1.807) is 24.3 Å². The highest BCUT2D eigenvalue weighted by Gasteiger charge is 2.42. The lowest BCUT2D eigenvalue weighted by Gasteiger charge is -2.23. The summed E-state index contributed by atoms with van der Waals surface area (Å²) < 4.78 is 13.2. The zero-order chi connectivity index (χ0) is 10.9. The van der Waals surface area contributed by atoms with E-state index in [1.165, 1.54) is 0 Å². The van der Waals surface area contributed by atoms with Crippen LogP contribution >= 0.6 is 11.6 Å². The van der Waals surface area contributed by atoms with Crippen LogP contribution in [0.15, 0.2) is 24.3 Å². The van der Waals surface area contributed by atoms with Gasteiger partial charge in [-0.05, 0) is 30.5 Å². The predicted molar refractivity (Wildman–Crippen MR) is 57.7 cm³/mol. The fourth-order valence-electron chi connectivity index (χ4n) is 2.35. The molecule has 1 nitrogen and oxygen atoms in total. The van der Waals surface area contributed by atoms with E-state index in [0.29, 0.717) is 17.9 Å². The lowest BCUT2D eigenvalue weighted by atomic mass is 9.79. The third-order valence-corrected chi connectivity index (χ3v) is 3.48. The van der Waals surface area contributed by atoms with Gasteiger partial charge in [0.1, 0.15) is 0 Å². The number of carbonyl (C=O) groups excluding carboxylic acids is 1. The first-order valence-corrected chi connectivity index (χ1v) is 5.49. The van der Waals surface area contributed by atoms with Gasteiger partial charge >= 0.3 is 6.04 Å². The predicted octanol–water partition coefficient (Wildman–Crippen LogP) is 3.65. The Morgan fingerprint density at radius 1 is 1.20 bits per heavy atom. The molecule has 2 rings (SSSR count). The molecule has 1 aliphatic rings. The Bertz CT molecular complexity index is 366. The molecule has 1 aliphatic carbocycles. The normalized spacial score (nSPS) is 19.1. The van der Waals surface area contributed by atoms with Crippen LogP contribution in [0.1, 0.15) is 31.2 Å². The van der Waals surface area contributed by atoms with Crippen molar-refractivity contribution in [2.75, 3.05) is 0 Å². The minimum absolute atomic E-state index is 0.609. The molecular formula is C12H12ClFO. The fourth-order valence-corrected chi connectivity index (χ4v) is 2.47. The zero-order valence-electron chi connectivity index (χ0n) is 8.30. The lowest BCUT2D eigenvalue weighted by Crippen LogP contribution is -2.29. The summed E-state index contributed by atoms with van der Waals surface area (Å²) in [4.78, 5) is 11.2. The summed E-state index contributed by atoms with van der Waals surface area (Å²) >= 11 is 5.76. The molecule has 1 saturated carbocycles. The molecule has 0 aromatic heterocycles. The quantitative estimate of drug-likeness (QED) is 0.704. The Morgan fingerprint density at radius 3 is 2.20 bits per heavy atom. The summed E-state index contributed by atoms with van der Waals surface area (Å²) in [5, 5.41) is 0.609. The van der Waals surface area contributed by atoms with Crippen molar-refractivity contribution in [2.24, 2.45) is 0 Å². The Labute approximate surface area is 93.2 Å². The zero-order valence-corrected chi connectivity index (χ0v) is 9.06. The molecule has 0 spiro atoms. The Morgan fingerprint density at radius 2 is 1.73 bits per heavy atom. The van der Waals surface area contributed by atoms with E-state index >= 15 is 0 Å². The minimum atomic E-state index is -1.21. The van der Waals surface area contributed by atoms with Gasteiger partial charge in [0.05, 0.1) is 5.41 Å². The molecule has 0 unspecified atom stereocenters. The van der Waals surface area contributed by atoms with Crippen molar-refractivity contribution >= 4 is 17.6 Å². The molecule has 1 aromatic rings. The monoisotopic (exact) mass is 226 g/mol. The molecule has 0 saturated heterocycles. The van der Waals surface area contributed by atoms with Gasteiger partial charge in [-0.3, -0.25) is 4.79 Å². The summed E-state index contributed by atoms with van der Waals surface area (Å²) in [6.45, 7) is 0. The van der Waals surface area contributed by atoms with Gasteiger partial charge in [-0.15, -0.1) is 0 Å². The summed E-state index contributed by atoms with van der Waals surface area (Å²) in [7, 11) is 0. The molecule has 0 heterocycles. The van der Waals surface area contributed by atoms with E-state index in [9.17, 15) is 9.18 Å². The maximum atomic E-state index is 13.2. The number of hydrogen-bond donors (Lipinski definition) is 0. The minimum Gasteiger partial charge on any atom is -0.260 e. The molecule has 0 bridgehead atoms. The van der Waals surface area contributed by atoms with E-state index in [-0.39, 0.29) is 0 Å². The van der Waals surface area contributed by atoms with Crippen molar-refractivity contribution < 1.29 is 9.18 Å². The molecule has 0 radical (unpaired) electrons. The van der Waals surface area contributed by atoms with Gasteiger partial charge in [0, 0.05) is 5.02 Å². The van der Waals surface area contributed by atoms with Crippen LogP contribution < -0.4 is 0 Å². The third kappa shape index (κ3) is 1.78. The number of hydrogen-bond acceptors (Lipinski definition) is 1. The second kappa shape index (κ2) is 3.93. The molecule has 80 valence electrons. The Hall–Kier alpha value is -0.890. The summed E-state index contributed by atoms with van der Waals surface area (Å²) in [6, 6.07) is 5.72. The van der Waals surface area contributed by atoms with E-state index in [2.05, 4.69) is 0 Å². The van der Waals surface area contributed by atoms with Crippen LogP contribution in [0.2, 0.25) is 5.02 Å². The lowest BCUT2D eigenvalue weighted by molar-refractivity contribution is -0.135. The van der Waals surface area contributed by atoms with Crippen LogP contribution in [0.3, 0.4) is 0 Å². The maximum Gasteiger partial charge on any atom is 0.311 e. The molecule has 3 heteroatoms. The first kappa shape index (κ1) is 10.6. The molecule has 1 fully saturated rings. The highest BCUT2D eigenvalue weighted by atomic mass is 35.5. The fraction of sp³-hybridized carbons (Fsp3) is 0.417. The van der Waals surface area contributed by atoms with Gasteiger partial charge in [-0.25, -0.2) is 0 Å². The smallest absolute Gasteiger partial charge is 0.260 e. The number of carbonyl (C=O) groups is 1. The van der Waals surface area contributed by atoms with Crippen molar-refractivity contribution in [3.8, 4) is 0 Å². The standard InChI is InChI=1S/C12H12ClFO/c13-10-5-3-9(4-6-10)12(11(14)15)7-1-2-8-12/h3-6H,1-2,7-8H2. The SMILES string of the molecule is O=C(F)C1(c2ccc(Cl)cc2)CCCC1. The first-order valence-electron chi connectivity index (χ1n) is 5.11. The number of halogens is 2. The van der Waals surface area contributed by atoms with Gasteiger partial charge < -0.3 is 0 Å². The molecule has 1 aromatic carbocycles. The van der Waals surface area contributed by atoms with Gasteiger partial charge in [0.2, 0.25) is 0 Å². The second-order valence-corrected chi connectivity index (χ2v) is 4.51. The summed E-state index contributed by atoms with van der Waals surface area (Å²) in [5.41, 5.74) is -0.123. The molecule has 15 heavy (non-hydrogen) atoms. The van der Waals surface area contributed by atoms with Gasteiger partial charge in [0.25, 0.3) is 0 Å². The van der Waals surface area contributed by atoms with Crippen molar-refractivity contribution in [3.63, 3.8) is 0 Å². The van der Waals surface area contributed by atoms with Crippen LogP contribution in [-0.2, 0) is 10.2 Å². The highest BCUT2D eigenvalue weighted by Crippen LogP contribution is 2.42. The molecule has 0 amide bonds. The average molecular weight is 227 g/mol. The average Bonchev–Trinajstić information content (AvgIpc) is 2.69. The van der Waals surface area contributed by atoms with Crippen LogP contribution in [0.5, 0.6) is 0 Å². The summed E-state index contributed by atoms with van der Waals surface area (Å²) in [6.07, 6.45) is 3.06. The highest BCUT2D eigenvalue weighted by molar-refractivity contribution is 6.30. The molecule has 0 N–H and O–H groups in total. The van der Waals surface area contributed by atoms with Crippen molar-refractivity contribution in [1.82, 2.24) is 0 Å². The molecule has 0 aliphatic heterocycles. The van der Waals surface area contributed by atoms with Crippen LogP contribution in [0.4, 0.5) is 4.39 Å². The molecular weight excluding hydrogens is 215 g/mol. The Balaban J connectivity index is 2.41. The summed E-state index contributed by atoms with van der Waals surface area (Å²) in [5.74, 6) is 0. The van der Waals surface area contributed by atoms with Crippen molar-refractivity contribution in [3.05, 3.63) is 34.9 Å². The number of benzene rings is 1. The largest absolute Gasteiger partial charge is 0.311 e. The van der Waals surface area contributed by atoms with Gasteiger partial charge in [-0.2, -0.15) is 4.39 Å². The third-order valence-electron chi connectivity index (χ3n) is 3.23. The van der Waals surface area contributed by atoms with Crippen LogP contribution in [0, 0.1) is 0 Å². The topological polar surface area (TPSA) is 17.1 Å². The van der Waals surface area contributed by atoms with E-state index in [4.69, 9.17) is 11.6 Å².